The van der Waals surface area contributed by atoms with Crippen molar-refractivity contribution in [3.8, 4) is 0 Å². The monoisotopic (exact) mass is 182 g/mol. The van der Waals surface area contributed by atoms with Crippen molar-refractivity contribution in [1.82, 2.24) is 0 Å². The summed E-state index contributed by atoms with van der Waals surface area (Å²) in [6.45, 7) is 12.1. The quantitative estimate of drug-likeness (QED) is 0.590. The molecule has 0 aromatic carbocycles. The smallest absolute Gasteiger partial charge is 0.0295 e. The molecule has 0 aromatic heterocycles. The van der Waals surface area contributed by atoms with Crippen LogP contribution in [0.15, 0.2) is 0 Å². The second-order valence-electron chi connectivity index (χ2n) is 5.89. The Morgan fingerprint density at radius 3 is 2.31 bits per heavy atom. The minimum atomic E-state index is 0.631. The zero-order valence-corrected chi connectivity index (χ0v) is 10.1. The number of rotatable bonds is 2. The first-order valence-electron chi connectivity index (χ1n) is 5.96. The van der Waals surface area contributed by atoms with E-state index in [1.165, 1.54) is 25.7 Å². The van der Waals surface area contributed by atoms with Gasteiger partial charge in [0.2, 0.25) is 0 Å². The molecule has 13 heavy (non-hydrogen) atoms. The first-order valence-corrected chi connectivity index (χ1v) is 5.96. The van der Waals surface area contributed by atoms with Crippen LogP contribution < -0.4 is 0 Å². The highest BCUT2D eigenvalue weighted by molar-refractivity contribution is 4.86. The largest absolute Gasteiger partial charge is 0.0625 e. The third-order valence-corrected chi connectivity index (χ3v) is 4.36. The van der Waals surface area contributed by atoms with Gasteiger partial charge in [0.15, 0.2) is 0 Å². The van der Waals surface area contributed by atoms with Crippen LogP contribution in [0.5, 0.6) is 0 Å². The topological polar surface area (TPSA) is 0 Å². The summed E-state index contributed by atoms with van der Waals surface area (Å²) in [4.78, 5) is 0. The number of hydrogen-bond acceptors (Lipinski definition) is 0. The molecule has 0 heterocycles. The predicted octanol–water partition coefficient (Wildman–Crippen LogP) is 4.49. The molecule has 0 aromatic rings. The molecule has 0 saturated heterocycles. The summed E-state index contributed by atoms with van der Waals surface area (Å²) < 4.78 is 0. The second-order valence-corrected chi connectivity index (χ2v) is 5.89. The summed E-state index contributed by atoms with van der Waals surface area (Å²) in [6.07, 6.45) is 5.82. The summed E-state index contributed by atoms with van der Waals surface area (Å²) >= 11 is 0. The Bertz CT molecular complexity index is 159. The van der Waals surface area contributed by atoms with E-state index in [0.717, 1.165) is 17.8 Å². The Morgan fingerprint density at radius 1 is 1.23 bits per heavy atom. The fourth-order valence-electron chi connectivity index (χ4n) is 3.07. The Kier molecular flexibility index (Phi) is 3.43. The van der Waals surface area contributed by atoms with Crippen molar-refractivity contribution in [2.75, 3.05) is 0 Å². The van der Waals surface area contributed by atoms with E-state index < -0.39 is 0 Å². The molecule has 3 atom stereocenters. The van der Waals surface area contributed by atoms with Crippen LogP contribution in [0.3, 0.4) is 0 Å². The van der Waals surface area contributed by atoms with Gasteiger partial charge in [0, 0.05) is 0 Å². The lowest BCUT2D eigenvalue weighted by atomic mass is 9.62. The lowest BCUT2D eigenvalue weighted by molar-refractivity contribution is 0.0709. The molecule has 1 rings (SSSR count). The Labute approximate surface area is 84.1 Å². The molecule has 1 aliphatic rings. The molecule has 0 amide bonds. The third kappa shape index (κ3) is 2.48. The molecular formula is C13H26. The maximum absolute atomic E-state index is 2.51. The van der Waals surface area contributed by atoms with Crippen LogP contribution in [-0.2, 0) is 0 Å². The molecule has 0 heteroatoms. The van der Waals surface area contributed by atoms with Crippen LogP contribution in [0.1, 0.15) is 60.3 Å². The molecule has 0 N–H and O–H groups in total. The van der Waals surface area contributed by atoms with Gasteiger partial charge in [0.05, 0.1) is 0 Å². The molecule has 78 valence electrons. The fourth-order valence-corrected chi connectivity index (χ4v) is 3.07. The summed E-state index contributed by atoms with van der Waals surface area (Å²) in [5.41, 5.74) is 0.631. The summed E-state index contributed by atoms with van der Waals surface area (Å²) in [6, 6.07) is 0. The Balaban J connectivity index is 2.63. The molecule has 0 radical (unpaired) electrons. The fraction of sp³-hybridized carbons (Fsp3) is 1.00. The lowest BCUT2D eigenvalue weighted by Crippen LogP contribution is -2.33. The molecule has 1 fully saturated rings. The maximum atomic E-state index is 2.51. The van der Waals surface area contributed by atoms with E-state index in [2.05, 4.69) is 34.6 Å². The molecule has 1 aliphatic carbocycles. The first-order chi connectivity index (χ1) is 5.96. The highest BCUT2D eigenvalue weighted by atomic mass is 14.4. The van der Waals surface area contributed by atoms with Gasteiger partial charge in [-0.1, -0.05) is 47.5 Å². The van der Waals surface area contributed by atoms with Crippen LogP contribution in [-0.4, -0.2) is 0 Å². The SMILES string of the molecule is CC1CCCC(C)(C(C)C(C)C)C1. The standard InChI is InChI=1S/C13H26/c1-10(2)12(4)13(5)8-6-7-11(3)9-13/h10-12H,6-9H2,1-5H3. The third-order valence-electron chi connectivity index (χ3n) is 4.36. The van der Waals surface area contributed by atoms with E-state index in [1.54, 1.807) is 0 Å². The van der Waals surface area contributed by atoms with Crippen molar-refractivity contribution in [1.29, 1.82) is 0 Å². The molecule has 1 saturated carbocycles. The van der Waals surface area contributed by atoms with Gasteiger partial charge in [-0.2, -0.15) is 0 Å². The van der Waals surface area contributed by atoms with Gasteiger partial charge in [-0.3, -0.25) is 0 Å². The minimum absolute atomic E-state index is 0.631. The van der Waals surface area contributed by atoms with Crippen molar-refractivity contribution in [3.05, 3.63) is 0 Å². The van der Waals surface area contributed by atoms with E-state index in [4.69, 9.17) is 0 Å². The van der Waals surface area contributed by atoms with Crippen LogP contribution in [0.2, 0.25) is 0 Å². The van der Waals surface area contributed by atoms with Gasteiger partial charge >= 0.3 is 0 Å². The van der Waals surface area contributed by atoms with Gasteiger partial charge in [0.1, 0.15) is 0 Å². The highest BCUT2D eigenvalue weighted by Gasteiger charge is 2.36. The molecular weight excluding hydrogens is 156 g/mol. The molecule has 0 spiro atoms. The first kappa shape index (κ1) is 11.1. The van der Waals surface area contributed by atoms with Gasteiger partial charge in [0.25, 0.3) is 0 Å². The van der Waals surface area contributed by atoms with E-state index in [-0.39, 0.29) is 0 Å². The summed E-state index contributed by atoms with van der Waals surface area (Å²) in [5, 5.41) is 0. The molecule has 0 aliphatic heterocycles. The van der Waals surface area contributed by atoms with Crippen molar-refractivity contribution >= 4 is 0 Å². The Morgan fingerprint density at radius 2 is 1.85 bits per heavy atom. The summed E-state index contributed by atoms with van der Waals surface area (Å²) in [5.74, 6) is 2.69. The zero-order valence-electron chi connectivity index (χ0n) is 10.1. The van der Waals surface area contributed by atoms with E-state index in [9.17, 15) is 0 Å². The van der Waals surface area contributed by atoms with Gasteiger partial charge < -0.3 is 0 Å². The predicted molar refractivity (Wildman–Crippen MR) is 59.7 cm³/mol. The van der Waals surface area contributed by atoms with Crippen LogP contribution >= 0.6 is 0 Å². The van der Waals surface area contributed by atoms with Gasteiger partial charge in [-0.15, -0.1) is 0 Å². The van der Waals surface area contributed by atoms with Crippen molar-refractivity contribution in [3.63, 3.8) is 0 Å². The Hall–Kier alpha value is 0. The highest BCUT2D eigenvalue weighted by Crippen LogP contribution is 2.46. The average Bonchev–Trinajstić information content (AvgIpc) is 2.02. The van der Waals surface area contributed by atoms with Crippen LogP contribution in [0.4, 0.5) is 0 Å². The average molecular weight is 182 g/mol. The van der Waals surface area contributed by atoms with Gasteiger partial charge in [-0.05, 0) is 36.0 Å². The van der Waals surface area contributed by atoms with Crippen LogP contribution in [0.25, 0.3) is 0 Å². The maximum Gasteiger partial charge on any atom is -0.0295 e. The van der Waals surface area contributed by atoms with E-state index in [1.807, 2.05) is 0 Å². The zero-order chi connectivity index (χ0) is 10.1. The van der Waals surface area contributed by atoms with E-state index >= 15 is 0 Å². The molecule has 3 unspecified atom stereocenters. The van der Waals surface area contributed by atoms with Crippen molar-refractivity contribution in [2.45, 2.75) is 60.3 Å². The second kappa shape index (κ2) is 4.02. The van der Waals surface area contributed by atoms with Gasteiger partial charge in [-0.25, -0.2) is 0 Å². The molecule has 0 bridgehead atoms. The van der Waals surface area contributed by atoms with E-state index in [0.29, 0.717) is 5.41 Å². The van der Waals surface area contributed by atoms with Crippen molar-refractivity contribution < 1.29 is 0 Å². The lowest BCUT2D eigenvalue weighted by Gasteiger charge is -2.43. The normalized spacial score (nSPS) is 37.8. The number of hydrogen-bond donors (Lipinski definition) is 0. The minimum Gasteiger partial charge on any atom is -0.0625 e. The molecule has 0 nitrogen and oxygen atoms in total. The van der Waals surface area contributed by atoms with Crippen LogP contribution in [0, 0.1) is 23.2 Å². The summed E-state index contributed by atoms with van der Waals surface area (Å²) in [7, 11) is 0. The van der Waals surface area contributed by atoms with Crippen molar-refractivity contribution in [2.24, 2.45) is 23.2 Å².